The molecule has 5 heteroatoms. The van der Waals surface area contributed by atoms with Crippen LogP contribution in [0.5, 0.6) is 0 Å². The number of aliphatic hydroxyl groups is 1. The first-order chi connectivity index (χ1) is 22.4. The van der Waals surface area contributed by atoms with Gasteiger partial charge in [0.05, 0.1) is 5.76 Å². The number of hydrogen-bond donors (Lipinski definition) is 1. The van der Waals surface area contributed by atoms with E-state index in [1.54, 1.807) is 0 Å². The van der Waals surface area contributed by atoms with Crippen molar-refractivity contribution in [2.75, 3.05) is 0 Å². The van der Waals surface area contributed by atoms with E-state index in [-0.39, 0.29) is 53.8 Å². The van der Waals surface area contributed by atoms with Crippen LogP contribution in [0.25, 0.3) is 32.8 Å². The Bertz CT molecular complexity index is 1820. The predicted octanol–water partition coefficient (Wildman–Crippen LogP) is 13.1. The van der Waals surface area contributed by atoms with Crippen LogP contribution in [0.1, 0.15) is 119 Å². The molecular weight excluding hydrogens is 799 g/mol. The van der Waals surface area contributed by atoms with Gasteiger partial charge in [-0.25, -0.2) is 0 Å². The van der Waals surface area contributed by atoms with Gasteiger partial charge in [-0.1, -0.05) is 116 Å². The van der Waals surface area contributed by atoms with Crippen molar-refractivity contribution in [1.29, 1.82) is 0 Å². The zero-order chi connectivity index (χ0) is 35.6. The van der Waals surface area contributed by atoms with Crippen LogP contribution < -0.4 is 0 Å². The van der Waals surface area contributed by atoms with Gasteiger partial charge in [-0.2, -0.15) is 0 Å². The summed E-state index contributed by atoms with van der Waals surface area (Å²) < 4.78 is 0. The first-order valence-corrected chi connectivity index (χ1v) is 18.8. The molecule has 0 unspecified atom stereocenters. The molecule has 5 rings (SSSR count). The number of benzene rings is 3. The number of carbonyl (C=O) groups is 1. The topological polar surface area (TPSA) is 50.2 Å². The van der Waals surface area contributed by atoms with E-state index in [1.807, 2.05) is 52.6 Å². The summed E-state index contributed by atoms with van der Waals surface area (Å²) in [5.74, 6) is 0.437. The van der Waals surface area contributed by atoms with Crippen LogP contribution >= 0.6 is 11.8 Å². The fourth-order valence-electron chi connectivity index (χ4n) is 6.64. The number of pyridine rings is 1. The number of aromatic nitrogens is 1. The molecule has 0 spiro atoms. The SMILES string of the molecule is CCC(CC)/C(O)=C/C(=O)C(C)(CC)CC.Cc1ccc2c(CC(C)(C)C)c3c([c-]c2c1)-c1nccc2cc(CC(C)(C)C)cc(c12)S3.[Ir]. The molecular formula is C44H58IrNO2S-. The van der Waals surface area contributed by atoms with Gasteiger partial charge in [-0.3, -0.25) is 9.78 Å². The number of nitrogens with zero attached hydrogens (tertiary/aromatic N) is 1. The van der Waals surface area contributed by atoms with Crippen molar-refractivity contribution in [2.24, 2.45) is 22.2 Å². The molecule has 0 saturated carbocycles. The third-order valence-electron chi connectivity index (χ3n) is 9.88. The molecule has 4 aromatic rings. The van der Waals surface area contributed by atoms with Crippen LogP contribution in [-0.2, 0) is 37.7 Å². The van der Waals surface area contributed by atoms with E-state index >= 15 is 0 Å². The quantitative estimate of drug-likeness (QED) is 0.0911. The second kappa shape index (κ2) is 16.3. The van der Waals surface area contributed by atoms with Crippen LogP contribution in [0.3, 0.4) is 0 Å². The number of fused-ring (bicyclic) bond motifs is 3. The Hall–Kier alpha value is -2.46. The molecule has 1 radical (unpaired) electrons. The average molecular weight is 857 g/mol. The van der Waals surface area contributed by atoms with Crippen LogP contribution in [-0.4, -0.2) is 15.9 Å². The number of ketones is 1. The van der Waals surface area contributed by atoms with Crippen LogP contribution in [0.4, 0.5) is 0 Å². The van der Waals surface area contributed by atoms with E-state index in [4.69, 9.17) is 4.98 Å². The predicted molar refractivity (Wildman–Crippen MR) is 207 cm³/mol. The van der Waals surface area contributed by atoms with Crippen molar-refractivity contribution < 1.29 is 30.0 Å². The van der Waals surface area contributed by atoms with Crippen molar-refractivity contribution >= 4 is 39.1 Å². The molecule has 267 valence electrons. The number of allylic oxidation sites excluding steroid dienone is 2. The molecule has 1 aliphatic rings. The minimum absolute atomic E-state index is 0. The van der Waals surface area contributed by atoms with Crippen LogP contribution in [0.2, 0.25) is 0 Å². The number of aryl methyl sites for hydroxylation is 1. The zero-order valence-corrected chi connectivity index (χ0v) is 35.2. The van der Waals surface area contributed by atoms with Gasteiger partial charge in [0.25, 0.3) is 0 Å². The Morgan fingerprint density at radius 2 is 1.55 bits per heavy atom. The van der Waals surface area contributed by atoms with E-state index in [0.717, 1.165) is 44.2 Å². The maximum atomic E-state index is 12.0. The third-order valence-corrected chi connectivity index (χ3v) is 11.1. The Labute approximate surface area is 314 Å². The first-order valence-electron chi connectivity index (χ1n) is 18.0. The zero-order valence-electron chi connectivity index (χ0n) is 32.0. The summed E-state index contributed by atoms with van der Waals surface area (Å²) in [4.78, 5) is 19.6. The molecule has 49 heavy (non-hydrogen) atoms. The Morgan fingerprint density at radius 3 is 2.12 bits per heavy atom. The molecule has 1 aromatic heterocycles. The molecule has 0 bridgehead atoms. The van der Waals surface area contributed by atoms with E-state index in [0.29, 0.717) is 0 Å². The molecule has 1 aliphatic heterocycles. The molecule has 0 atom stereocenters. The Balaban J connectivity index is 0.000000328. The standard InChI is InChI=1S/C30H32NS.C14H26O2.Ir/c1-18-8-9-22-21(12-18)15-23-27-26-20(10-11-31-27)13-19(16-29(2,3)4)14-25(26)32-28(23)24(22)17-30(5,6)7;1-6-11(7-2)12(15)10-13(16)14(5,8-3)9-4;/h8-14H,16-17H2,1-7H3;10-11,15H,6-9H2,1-5H3;/q-1;;/b;12-10-;. The van der Waals surface area contributed by atoms with Gasteiger partial charge in [0, 0.05) is 54.3 Å². The summed E-state index contributed by atoms with van der Waals surface area (Å²) in [6, 6.07) is 17.5. The molecule has 3 nitrogen and oxygen atoms in total. The van der Waals surface area contributed by atoms with Gasteiger partial charge >= 0.3 is 0 Å². The number of hydrogen-bond acceptors (Lipinski definition) is 4. The minimum atomic E-state index is -0.319. The van der Waals surface area contributed by atoms with Gasteiger partial charge < -0.3 is 5.11 Å². The van der Waals surface area contributed by atoms with Crippen molar-refractivity contribution in [3.05, 3.63) is 77.2 Å². The van der Waals surface area contributed by atoms with Crippen molar-refractivity contribution in [3.63, 3.8) is 0 Å². The molecule has 0 saturated heterocycles. The van der Waals surface area contributed by atoms with Crippen LogP contribution in [0, 0.1) is 35.2 Å². The van der Waals surface area contributed by atoms with Gasteiger partial charge in [0.2, 0.25) is 0 Å². The minimum Gasteiger partial charge on any atom is -0.512 e. The molecule has 0 aliphatic carbocycles. The summed E-state index contributed by atoms with van der Waals surface area (Å²) in [7, 11) is 0. The molecule has 0 amide bonds. The Kier molecular flexibility index (Phi) is 13.6. The smallest absolute Gasteiger partial charge is 0.164 e. The normalized spacial score (nSPS) is 13.2. The fraction of sp³-hybridized carbons (Fsp3) is 0.500. The van der Waals surface area contributed by atoms with Crippen molar-refractivity contribution in [2.45, 2.75) is 131 Å². The summed E-state index contributed by atoms with van der Waals surface area (Å²) in [6.07, 6.45) is 8.90. The number of carbonyl (C=O) groups excluding carboxylic acids is 1. The summed E-state index contributed by atoms with van der Waals surface area (Å²) in [5.41, 5.74) is 6.52. The van der Waals surface area contributed by atoms with E-state index in [2.05, 4.69) is 90.9 Å². The summed E-state index contributed by atoms with van der Waals surface area (Å²) in [6.45, 7) is 26.2. The second-order valence-electron chi connectivity index (χ2n) is 16.5. The number of rotatable bonds is 9. The van der Waals surface area contributed by atoms with Crippen LogP contribution in [0.15, 0.2) is 64.2 Å². The molecule has 0 fully saturated rings. The Morgan fingerprint density at radius 1 is 0.918 bits per heavy atom. The third kappa shape index (κ3) is 9.66. The van der Waals surface area contributed by atoms with E-state index in [1.165, 1.54) is 59.7 Å². The maximum Gasteiger partial charge on any atom is 0.164 e. The molecule has 1 N–H and O–H groups in total. The maximum absolute atomic E-state index is 12.0. The summed E-state index contributed by atoms with van der Waals surface area (Å²) >= 11 is 1.93. The van der Waals surface area contributed by atoms with Gasteiger partial charge in [-0.15, -0.1) is 29.3 Å². The average Bonchev–Trinajstić information content (AvgIpc) is 3.00. The van der Waals surface area contributed by atoms with E-state index < -0.39 is 0 Å². The monoisotopic (exact) mass is 857 g/mol. The largest absolute Gasteiger partial charge is 0.512 e. The number of aliphatic hydroxyl groups excluding tert-OH is 1. The summed E-state index contributed by atoms with van der Waals surface area (Å²) in [5, 5.41) is 15.0. The van der Waals surface area contributed by atoms with Gasteiger partial charge in [0.15, 0.2) is 5.78 Å². The molecule has 3 aromatic carbocycles. The molecule has 2 heterocycles. The van der Waals surface area contributed by atoms with Crippen molar-refractivity contribution in [1.82, 2.24) is 4.98 Å². The van der Waals surface area contributed by atoms with Gasteiger partial charge in [0.1, 0.15) is 0 Å². The van der Waals surface area contributed by atoms with E-state index in [9.17, 15) is 9.90 Å². The second-order valence-corrected chi connectivity index (χ2v) is 17.6. The van der Waals surface area contributed by atoms with Crippen molar-refractivity contribution in [3.8, 4) is 11.3 Å². The first kappa shape index (κ1) is 41.0. The van der Waals surface area contributed by atoms with Gasteiger partial charge in [-0.05, 0) is 89.6 Å². The fourth-order valence-corrected chi connectivity index (χ4v) is 7.94.